The molecule has 0 saturated heterocycles. The van der Waals surface area contributed by atoms with Crippen LogP contribution in [0.15, 0.2) is 72.9 Å². The molecule has 6 heteroatoms. The fraction of sp³-hybridized carbons (Fsp3) is 0.174. The molecular formula is C23H21N3O3. The Balaban J connectivity index is 1.80. The number of pyridine rings is 1. The molecule has 0 bridgehead atoms. The van der Waals surface area contributed by atoms with Crippen LogP contribution in [0.5, 0.6) is 5.75 Å². The highest BCUT2D eigenvalue weighted by Crippen LogP contribution is 2.42. The Morgan fingerprint density at radius 2 is 1.76 bits per heavy atom. The van der Waals surface area contributed by atoms with E-state index >= 15 is 0 Å². The Hall–Kier alpha value is -3.67. The average molecular weight is 387 g/mol. The molecule has 0 spiro atoms. The predicted octanol–water partition coefficient (Wildman–Crippen LogP) is 3.64. The number of carbonyl (C=O) groups excluding carboxylic acids is 2. The number of hydrogen-bond acceptors (Lipinski definition) is 4. The highest BCUT2D eigenvalue weighted by molar-refractivity contribution is 6.04. The first-order valence-corrected chi connectivity index (χ1v) is 9.32. The highest BCUT2D eigenvalue weighted by Gasteiger charge is 2.42. The molecule has 0 saturated carbocycles. The maximum absolute atomic E-state index is 13.4. The van der Waals surface area contributed by atoms with Crippen molar-refractivity contribution in [3.63, 3.8) is 0 Å². The van der Waals surface area contributed by atoms with Crippen molar-refractivity contribution in [2.45, 2.75) is 12.0 Å². The number of aromatic nitrogens is 1. The predicted molar refractivity (Wildman–Crippen MR) is 110 cm³/mol. The van der Waals surface area contributed by atoms with Gasteiger partial charge in [-0.05, 0) is 41.5 Å². The van der Waals surface area contributed by atoms with Gasteiger partial charge in [0, 0.05) is 18.8 Å². The highest BCUT2D eigenvalue weighted by atomic mass is 16.5. The van der Waals surface area contributed by atoms with Crippen molar-refractivity contribution < 1.29 is 14.3 Å². The van der Waals surface area contributed by atoms with Crippen molar-refractivity contribution in [1.29, 1.82) is 0 Å². The molecule has 29 heavy (non-hydrogen) atoms. The quantitative estimate of drug-likeness (QED) is 0.742. The lowest BCUT2D eigenvalue weighted by Crippen LogP contribution is -2.44. The summed E-state index contributed by atoms with van der Waals surface area (Å²) in [5, 5.41) is 2.90. The second-order valence-corrected chi connectivity index (χ2v) is 6.90. The number of carbonyl (C=O) groups is 2. The number of fused-ring (bicyclic) bond motifs is 1. The first-order chi connectivity index (χ1) is 14.1. The molecule has 1 aliphatic heterocycles. The average Bonchev–Trinajstić information content (AvgIpc) is 2.77. The van der Waals surface area contributed by atoms with Crippen LogP contribution < -0.4 is 10.1 Å². The van der Waals surface area contributed by atoms with Gasteiger partial charge in [-0.25, -0.2) is 4.98 Å². The second-order valence-electron chi connectivity index (χ2n) is 6.90. The van der Waals surface area contributed by atoms with Gasteiger partial charge >= 0.3 is 0 Å². The van der Waals surface area contributed by atoms with E-state index in [4.69, 9.17) is 4.74 Å². The van der Waals surface area contributed by atoms with Gasteiger partial charge < -0.3 is 15.0 Å². The molecule has 4 rings (SSSR count). The lowest BCUT2D eigenvalue weighted by Gasteiger charge is -2.39. The molecule has 1 N–H and O–H groups in total. The van der Waals surface area contributed by atoms with E-state index in [0.717, 1.165) is 5.56 Å². The van der Waals surface area contributed by atoms with Crippen LogP contribution in [0.2, 0.25) is 0 Å². The van der Waals surface area contributed by atoms with Crippen LogP contribution in [0.4, 0.5) is 5.82 Å². The molecule has 0 radical (unpaired) electrons. The summed E-state index contributed by atoms with van der Waals surface area (Å²) in [5.74, 6) is 0.292. The topological polar surface area (TPSA) is 71.5 Å². The lowest BCUT2D eigenvalue weighted by molar-refractivity contribution is -0.119. The minimum Gasteiger partial charge on any atom is -0.497 e. The standard InChI is InChI=1S/C23H21N3O3/c1-26-21(15-10-12-16(29-2)13-11-15)20(17-7-3-4-8-18(17)23(26)28)22(27)25-19-9-5-6-14-24-19/h3-14,20-21H,1-2H3,(H,24,25,27)/t20-,21+/m1/s1. The number of ether oxygens (including phenoxy) is 1. The molecule has 1 aliphatic rings. The Morgan fingerprint density at radius 1 is 1.03 bits per heavy atom. The van der Waals surface area contributed by atoms with Crippen LogP contribution >= 0.6 is 0 Å². The summed E-state index contributed by atoms with van der Waals surface area (Å²) in [7, 11) is 3.33. The minimum absolute atomic E-state index is 0.108. The van der Waals surface area contributed by atoms with Crippen molar-refractivity contribution in [2.24, 2.45) is 0 Å². The zero-order chi connectivity index (χ0) is 20.4. The van der Waals surface area contributed by atoms with Crippen LogP contribution in [-0.4, -0.2) is 35.9 Å². The van der Waals surface area contributed by atoms with Crippen LogP contribution in [0.1, 0.15) is 33.4 Å². The molecule has 1 aromatic heterocycles. The summed E-state index contributed by atoms with van der Waals surface area (Å²) in [4.78, 5) is 32.2. The van der Waals surface area contributed by atoms with Gasteiger partial charge in [-0.15, -0.1) is 0 Å². The van der Waals surface area contributed by atoms with Gasteiger partial charge in [0.25, 0.3) is 5.91 Å². The number of methoxy groups -OCH3 is 1. The van der Waals surface area contributed by atoms with Crippen molar-refractivity contribution in [2.75, 3.05) is 19.5 Å². The van der Waals surface area contributed by atoms with Gasteiger partial charge in [0.15, 0.2) is 0 Å². The molecule has 0 unspecified atom stereocenters. The zero-order valence-electron chi connectivity index (χ0n) is 16.2. The number of nitrogens with one attached hydrogen (secondary N) is 1. The Bertz CT molecular complexity index is 1030. The van der Waals surface area contributed by atoms with Crippen molar-refractivity contribution in [3.8, 4) is 5.75 Å². The van der Waals surface area contributed by atoms with Gasteiger partial charge in [0.05, 0.1) is 19.1 Å². The van der Waals surface area contributed by atoms with Crippen LogP contribution in [0.25, 0.3) is 0 Å². The number of rotatable bonds is 4. The van der Waals surface area contributed by atoms with Gasteiger partial charge in [0.1, 0.15) is 11.6 Å². The molecule has 146 valence electrons. The minimum atomic E-state index is -0.579. The summed E-state index contributed by atoms with van der Waals surface area (Å²) in [5.41, 5.74) is 2.11. The van der Waals surface area contributed by atoms with Crippen molar-refractivity contribution in [1.82, 2.24) is 9.88 Å². The maximum Gasteiger partial charge on any atom is 0.254 e. The Kier molecular flexibility index (Phi) is 4.99. The van der Waals surface area contributed by atoms with E-state index in [9.17, 15) is 9.59 Å². The van der Waals surface area contributed by atoms with E-state index in [1.807, 2.05) is 48.5 Å². The van der Waals surface area contributed by atoms with E-state index in [0.29, 0.717) is 22.7 Å². The Morgan fingerprint density at radius 3 is 2.45 bits per heavy atom. The van der Waals surface area contributed by atoms with E-state index in [1.54, 1.807) is 43.5 Å². The SMILES string of the molecule is COc1ccc([C@H]2[C@H](C(=O)Nc3ccccn3)c3ccccc3C(=O)N2C)cc1. The summed E-state index contributed by atoms with van der Waals surface area (Å²) in [6.45, 7) is 0. The van der Waals surface area contributed by atoms with E-state index < -0.39 is 12.0 Å². The van der Waals surface area contributed by atoms with E-state index in [-0.39, 0.29) is 11.8 Å². The van der Waals surface area contributed by atoms with Crippen LogP contribution in [-0.2, 0) is 4.79 Å². The maximum atomic E-state index is 13.4. The normalized spacial score (nSPS) is 18.1. The lowest BCUT2D eigenvalue weighted by atomic mass is 9.79. The number of benzene rings is 2. The largest absolute Gasteiger partial charge is 0.497 e. The van der Waals surface area contributed by atoms with Gasteiger partial charge in [0.2, 0.25) is 5.91 Å². The molecule has 3 aromatic rings. The first kappa shape index (κ1) is 18.7. The second kappa shape index (κ2) is 7.75. The number of hydrogen-bond donors (Lipinski definition) is 1. The molecule has 0 fully saturated rings. The summed E-state index contributed by atoms with van der Waals surface area (Å²) < 4.78 is 5.25. The molecule has 2 heterocycles. The fourth-order valence-electron chi connectivity index (χ4n) is 3.82. The van der Waals surface area contributed by atoms with Crippen LogP contribution in [0, 0.1) is 0 Å². The van der Waals surface area contributed by atoms with Crippen molar-refractivity contribution in [3.05, 3.63) is 89.6 Å². The fourth-order valence-corrected chi connectivity index (χ4v) is 3.82. The first-order valence-electron chi connectivity index (χ1n) is 9.32. The smallest absolute Gasteiger partial charge is 0.254 e. The van der Waals surface area contributed by atoms with Gasteiger partial charge in [-0.1, -0.05) is 36.4 Å². The summed E-state index contributed by atoms with van der Waals surface area (Å²) in [6, 6.07) is 19.6. The molecule has 0 aliphatic carbocycles. The monoisotopic (exact) mass is 387 g/mol. The van der Waals surface area contributed by atoms with Crippen LogP contribution in [0.3, 0.4) is 0 Å². The third-order valence-corrected chi connectivity index (χ3v) is 5.24. The molecule has 2 aromatic carbocycles. The molecule has 2 atom stereocenters. The Labute approximate surface area is 169 Å². The number of nitrogens with zero attached hydrogens (tertiary/aromatic N) is 2. The summed E-state index contributed by atoms with van der Waals surface area (Å²) >= 11 is 0. The third kappa shape index (κ3) is 3.45. The van der Waals surface area contributed by atoms with Gasteiger partial charge in [-0.2, -0.15) is 0 Å². The van der Waals surface area contributed by atoms with Crippen molar-refractivity contribution >= 4 is 17.6 Å². The molecule has 6 nitrogen and oxygen atoms in total. The van der Waals surface area contributed by atoms with E-state index in [1.165, 1.54) is 0 Å². The summed E-state index contributed by atoms with van der Waals surface area (Å²) in [6.07, 6.45) is 1.63. The van der Waals surface area contributed by atoms with Gasteiger partial charge in [-0.3, -0.25) is 9.59 Å². The number of anilines is 1. The number of amides is 2. The molecule has 2 amide bonds. The third-order valence-electron chi connectivity index (χ3n) is 5.24. The number of likely N-dealkylation sites (N-methyl/N-ethyl adjacent to an activating group) is 1. The molecular weight excluding hydrogens is 366 g/mol. The van der Waals surface area contributed by atoms with E-state index in [2.05, 4.69) is 10.3 Å². The zero-order valence-corrected chi connectivity index (χ0v) is 16.2.